The van der Waals surface area contributed by atoms with E-state index >= 15 is 0 Å². The first-order chi connectivity index (χ1) is 12.8. The average Bonchev–Trinajstić information content (AvgIpc) is 3.02. The number of nitrogens with zero attached hydrogens (tertiary/aromatic N) is 2. The second kappa shape index (κ2) is 8.40. The van der Waals surface area contributed by atoms with E-state index in [1.807, 2.05) is 32.9 Å². The number of rotatable bonds is 7. The zero-order valence-corrected chi connectivity index (χ0v) is 17.1. The van der Waals surface area contributed by atoms with Gasteiger partial charge in [0.1, 0.15) is 5.75 Å². The Kier molecular flexibility index (Phi) is 6.17. The SMILES string of the molecule is Cc1ccncc1S(=O)(=O)C[C@@H]1CCN(Cc2ccc(OC(C)C)cc2)C1. The Morgan fingerprint density at radius 3 is 2.63 bits per heavy atom. The molecule has 2 aromatic rings. The molecule has 1 aromatic carbocycles. The smallest absolute Gasteiger partial charge is 0.180 e. The lowest BCUT2D eigenvalue weighted by Crippen LogP contribution is -2.23. The second-order valence-corrected chi connectivity index (χ2v) is 9.63. The molecule has 6 heteroatoms. The van der Waals surface area contributed by atoms with Gasteiger partial charge in [0, 0.05) is 25.5 Å². The van der Waals surface area contributed by atoms with Crippen LogP contribution in [0.3, 0.4) is 0 Å². The largest absolute Gasteiger partial charge is 0.491 e. The van der Waals surface area contributed by atoms with E-state index in [4.69, 9.17) is 4.74 Å². The summed E-state index contributed by atoms with van der Waals surface area (Å²) in [6, 6.07) is 9.92. The van der Waals surface area contributed by atoms with Crippen molar-refractivity contribution < 1.29 is 13.2 Å². The Labute approximate surface area is 162 Å². The summed E-state index contributed by atoms with van der Waals surface area (Å²) in [5.74, 6) is 1.24. The molecule has 1 atom stereocenters. The lowest BCUT2D eigenvalue weighted by Gasteiger charge is -2.17. The minimum Gasteiger partial charge on any atom is -0.491 e. The molecule has 0 saturated carbocycles. The fraction of sp³-hybridized carbons (Fsp3) is 0.476. The third-order valence-corrected chi connectivity index (χ3v) is 6.86. The van der Waals surface area contributed by atoms with E-state index in [-0.39, 0.29) is 17.8 Å². The molecule has 0 N–H and O–H groups in total. The van der Waals surface area contributed by atoms with Crippen LogP contribution in [-0.4, -0.2) is 43.2 Å². The third-order valence-electron chi connectivity index (χ3n) is 4.85. The molecule has 27 heavy (non-hydrogen) atoms. The number of sulfone groups is 1. The summed E-state index contributed by atoms with van der Waals surface area (Å²) in [7, 11) is -3.29. The summed E-state index contributed by atoms with van der Waals surface area (Å²) in [6.45, 7) is 8.42. The molecule has 0 aliphatic carbocycles. The molecule has 1 aliphatic rings. The highest BCUT2D eigenvalue weighted by molar-refractivity contribution is 7.91. The second-order valence-electron chi connectivity index (χ2n) is 7.62. The van der Waals surface area contributed by atoms with E-state index in [0.717, 1.165) is 37.4 Å². The van der Waals surface area contributed by atoms with Gasteiger partial charge >= 0.3 is 0 Å². The molecule has 0 radical (unpaired) electrons. The first kappa shape index (κ1) is 19.8. The molecule has 0 bridgehead atoms. The van der Waals surface area contributed by atoms with Crippen molar-refractivity contribution in [3.8, 4) is 5.75 Å². The van der Waals surface area contributed by atoms with E-state index in [2.05, 4.69) is 22.0 Å². The molecule has 1 fully saturated rings. The first-order valence-electron chi connectivity index (χ1n) is 9.45. The maximum Gasteiger partial charge on any atom is 0.180 e. The van der Waals surface area contributed by atoms with Crippen LogP contribution in [0.2, 0.25) is 0 Å². The number of pyridine rings is 1. The van der Waals surface area contributed by atoms with Crippen LogP contribution < -0.4 is 4.74 Å². The molecule has 0 amide bonds. The lowest BCUT2D eigenvalue weighted by molar-refractivity contribution is 0.242. The minimum absolute atomic E-state index is 0.165. The molecule has 1 saturated heterocycles. The van der Waals surface area contributed by atoms with E-state index < -0.39 is 9.84 Å². The van der Waals surface area contributed by atoms with Crippen LogP contribution >= 0.6 is 0 Å². The zero-order valence-electron chi connectivity index (χ0n) is 16.3. The summed E-state index contributed by atoms with van der Waals surface area (Å²) in [6.07, 6.45) is 4.18. The van der Waals surface area contributed by atoms with Crippen molar-refractivity contribution in [1.82, 2.24) is 9.88 Å². The molecular formula is C21H28N2O3S. The van der Waals surface area contributed by atoms with Crippen molar-refractivity contribution in [2.75, 3.05) is 18.8 Å². The van der Waals surface area contributed by atoms with E-state index in [1.165, 1.54) is 11.8 Å². The van der Waals surface area contributed by atoms with E-state index in [0.29, 0.717) is 4.90 Å². The fourth-order valence-corrected chi connectivity index (χ4v) is 5.42. The topological polar surface area (TPSA) is 59.5 Å². The quantitative estimate of drug-likeness (QED) is 0.727. The van der Waals surface area contributed by atoms with Crippen molar-refractivity contribution in [1.29, 1.82) is 0 Å². The van der Waals surface area contributed by atoms with Crippen molar-refractivity contribution >= 4 is 9.84 Å². The van der Waals surface area contributed by atoms with Crippen LogP contribution in [0.1, 0.15) is 31.4 Å². The van der Waals surface area contributed by atoms with Crippen molar-refractivity contribution in [2.45, 2.75) is 44.7 Å². The third kappa shape index (κ3) is 5.30. The van der Waals surface area contributed by atoms with Crippen LogP contribution in [0.5, 0.6) is 5.75 Å². The summed E-state index contributed by atoms with van der Waals surface area (Å²) in [5, 5.41) is 0. The highest BCUT2D eigenvalue weighted by atomic mass is 32.2. The number of benzene rings is 1. The molecule has 1 aliphatic heterocycles. The molecule has 146 valence electrons. The molecule has 3 rings (SSSR count). The summed E-state index contributed by atoms with van der Waals surface area (Å²) < 4.78 is 31.1. The number of hydrogen-bond donors (Lipinski definition) is 0. The van der Waals surface area contributed by atoms with Crippen LogP contribution in [0.4, 0.5) is 0 Å². The first-order valence-corrected chi connectivity index (χ1v) is 11.1. The normalized spacial score (nSPS) is 18.1. The van der Waals surface area contributed by atoms with Crippen LogP contribution in [0.25, 0.3) is 0 Å². The zero-order chi connectivity index (χ0) is 19.4. The lowest BCUT2D eigenvalue weighted by atomic mass is 10.1. The van der Waals surface area contributed by atoms with Gasteiger partial charge < -0.3 is 4.74 Å². The number of hydrogen-bond acceptors (Lipinski definition) is 5. The highest BCUT2D eigenvalue weighted by Crippen LogP contribution is 2.25. The van der Waals surface area contributed by atoms with Crippen LogP contribution in [0.15, 0.2) is 47.6 Å². The van der Waals surface area contributed by atoms with Gasteiger partial charge in [0.25, 0.3) is 0 Å². The standard InChI is InChI=1S/C21H28N2O3S/c1-16(2)26-20-6-4-18(5-7-20)13-23-11-9-19(14-23)15-27(24,25)21-12-22-10-8-17(21)3/h4-8,10,12,16,19H,9,11,13-15H2,1-3H3/t19-/m1/s1. The molecule has 2 heterocycles. The Bertz CT molecular complexity index is 863. The molecular weight excluding hydrogens is 360 g/mol. The monoisotopic (exact) mass is 388 g/mol. The summed E-state index contributed by atoms with van der Waals surface area (Å²) in [4.78, 5) is 6.68. The summed E-state index contributed by atoms with van der Waals surface area (Å²) >= 11 is 0. The van der Waals surface area contributed by atoms with Gasteiger partial charge in [0.05, 0.1) is 16.8 Å². The predicted octanol–water partition coefficient (Wildman–Crippen LogP) is 3.47. The minimum atomic E-state index is -3.29. The highest BCUT2D eigenvalue weighted by Gasteiger charge is 2.29. The number of ether oxygens (including phenoxy) is 1. The van der Waals surface area contributed by atoms with E-state index in [1.54, 1.807) is 12.3 Å². The number of aryl methyl sites for hydroxylation is 1. The van der Waals surface area contributed by atoms with Crippen molar-refractivity contribution in [3.05, 3.63) is 53.9 Å². The number of aromatic nitrogens is 1. The van der Waals surface area contributed by atoms with Crippen molar-refractivity contribution in [2.24, 2.45) is 5.92 Å². The Morgan fingerprint density at radius 1 is 1.22 bits per heavy atom. The Morgan fingerprint density at radius 2 is 1.96 bits per heavy atom. The molecule has 0 unspecified atom stereocenters. The van der Waals surface area contributed by atoms with Crippen LogP contribution in [0, 0.1) is 12.8 Å². The van der Waals surface area contributed by atoms with Gasteiger partial charge in [-0.05, 0) is 69.0 Å². The van der Waals surface area contributed by atoms with Gasteiger partial charge in [-0.2, -0.15) is 0 Å². The van der Waals surface area contributed by atoms with Gasteiger partial charge in [0.2, 0.25) is 0 Å². The maximum absolute atomic E-state index is 12.7. The maximum atomic E-state index is 12.7. The Balaban J connectivity index is 1.56. The van der Waals surface area contributed by atoms with Crippen LogP contribution in [-0.2, 0) is 16.4 Å². The predicted molar refractivity (Wildman–Crippen MR) is 107 cm³/mol. The fourth-order valence-electron chi connectivity index (χ4n) is 3.57. The molecule has 0 spiro atoms. The van der Waals surface area contributed by atoms with Gasteiger partial charge in [-0.3, -0.25) is 9.88 Å². The Hall–Kier alpha value is -1.92. The van der Waals surface area contributed by atoms with E-state index in [9.17, 15) is 8.42 Å². The molecule has 5 nitrogen and oxygen atoms in total. The molecule has 1 aromatic heterocycles. The van der Waals surface area contributed by atoms with Gasteiger partial charge in [0.15, 0.2) is 9.84 Å². The van der Waals surface area contributed by atoms with Gasteiger partial charge in [-0.25, -0.2) is 8.42 Å². The van der Waals surface area contributed by atoms with Gasteiger partial charge in [-0.1, -0.05) is 12.1 Å². The van der Waals surface area contributed by atoms with Crippen molar-refractivity contribution in [3.63, 3.8) is 0 Å². The van der Waals surface area contributed by atoms with Gasteiger partial charge in [-0.15, -0.1) is 0 Å². The average molecular weight is 389 g/mol. The number of likely N-dealkylation sites (tertiary alicyclic amines) is 1. The summed E-state index contributed by atoms with van der Waals surface area (Å²) in [5.41, 5.74) is 1.99.